The van der Waals surface area contributed by atoms with E-state index in [-0.39, 0.29) is 24.9 Å². The first kappa shape index (κ1) is 33.4. The molecule has 0 aliphatic carbocycles. The van der Waals surface area contributed by atoms with Crippen LogP contribution in [-0.4, -0.2) is 57.3 Å². The van der Waals surface area contributed by atoms with E-state index in [4.69, 9.17) is 29.4 Å². The van der Waals surface area contributed by atoms with Crippen molar-refractivity contribution in [2.24, 2.45) is 5.73 Å². The summed E-state index contributed by atoms with van der Waals surface area (Å²) in [6.07, 6.45) is 6.49. The van der Waals surface area contributed by atoms with E-state index >= 15 is 0 Å². The van der Waals surface area contributed by atoms with E-state index in [1.807, 2.05) is 6.07 Å². The number of carbonyl (C=O) groups is 1. The van der Waals surface area contributed by atoms with Gasteiger partial charge < -0.3 is 29.4 Å². The number of thiophene rings is 1. The molecule has 1 saturated heterocycles. The number of unbranched alkanes of at least 4 members (excludes halogenated alkanes) is 3. The zero-order chi connectivity index (χ0) is 30.4. The number of carbonyl (C=O) groups excluding carboxylic acids is 1. The number of nitrogens with two attached hydrogens (primary N) is 1. The zero-order valence-corrected chi connectivity index (χ0v) is 26.9. The topological polar surface area (TPSA) is 89.2 Å². The van der Waals surface area contributed by atoms with Crippen molar-refractivity contribution in [2.75, 3.05) is 33.0 Å². The number of benzene rings is 2. The Balaban J connectivity index is 1.68. The monoisotopic (exact) mass is 611 g/mol. The van der Waals surface area contributed by atoms with Gasteiger partial charge in [-0.05, 0) is 54.5 Å². The van der Waals surface area contributed by atoms with Crippen LogP contribution in [0.15, 0.2) is 48.5 Å². The molecule has 0 spiro atoms. The summed E-state index contributed by atoms with van der Waals surface area (Å²) in [6.45, 7) is 8.75. The van der Waals surface area contributed by atoms with Crippen LogP contribution in [0.4, 0.5) is 0 Å². The number of ether oxygens (including phenoxy) is 5. The van der Waals surface area contributed by atoms with Crippen molar-refractivity contribution in [3.63, 3.8) is 0 Å². The molecule has 1 aliphatic heterocycles. The lowest BCUT2D eigenvalue weighted by Crippen LogP contribution is -2.48. The van der Waals surface area contributed by atoms with Crippen molar-refractivity contribution in [3.05, 3.63) is 64.5 Å². The van der Waals surface area contributed by atoms with Crippen LogP contribution in [0.25, 0.3) is 10.1 Å². The third kappa shape index (κ3) is 10.0. The van der Waals surface area contributed by atoms with Gasteiger partial charge in [0.05, 0.1) is 18.8 Å². The van der Waals surface area contributed by atoms with Gasteiger partial charge in [-0.1, -0.05) is 64.3 Å². The van der Waals surface area contributed by atoms with E-state index < -0.39 is 12.0 Å². The number of hydrogen-bond acceptors (Lipinski definition) is 7. The summed E-state index contributed by atoms with van der Waals surface area (Å²) in [5.74, 6) is 0.0522. The molecule has 2 N–H and O–H groups in total. The van der Waals surface area contributed by atoms with Gasteiger partial charge in [0.1, 0.15) is 18.0 Å². The Morgan fingerprint density at radius 1 is 0.953 bits per heavy atom. The lowest BCUT2D eigenvalue weighted by Gasteiger charge is -2.42. The number of rotatable bonds is 19. The van der Waals surface area contributed by atoms with Crippen LogP contribution in [0.5, 0.6) is 5.75 Å². The van der Waals surface area contributed by atoms with E-state index in [2.05, 4.69) is 63.2 Å². The molecule has 8 heteroatoms. The highest BCUT2D eigenvalue weighted by molar-refractivity contribution is 7.19. The highest BCUT2D eigenvalue weighted by Gasteiger charge is 2.42. The molecule has 7 nitrogen and oxygen atoms in total. The van der Waals surface area contributed by atoms with Gasteiger partial charge in [0.25, 0.3) is 5.91 Å². The minimum absolute atomic E-state index is 0.155. The molecule has 0 saturated carbocycles. The lowest BCUT2D eigenvalue weighted by atomic mass is 9.91. The highest BCUT2D eigenvalue weighted by atomic mass is 32.1. The van der Waals surface area contributed by atoms with Crippen LogP contribution in [0, 0.1) is 0 Å². The molecule has 4 atom stereocenters. The molecular formula is C35H49NO6S. The smallest absolute Gasteiger partial charge is 0.255 e. The quantitative estimate of drug-likeness (QED) is 0.142. The summed E-state index contributed by atoms with van der Waals surface area (Å²) < 4.78 is 33.2. The second-order valence-corrected chi connectivity index (χ2v) is 12.5. The SMILES string of the molecule is CCCCOC[C@@H]1C[C@H](OCCCC)[C@@H](OCCCC)[C@H](c2cc(Cc3cc4ccccc4s3)ccc2OCC(N)=O)O1. The predicted octanol–water partition coefficient (Wildman–Crippen LogP) is 7.37. The summed E-state index contributed by atoms with van der Waals surface area (Å²) in [5.41, 5.74) is 7.47. The van der Waals surface area contributed by atoms with Crippen LogP contribution >= 0.6 is 11.3 Å². The number of primary amides is 1. The first-order valence-corrected chi connectivity index (χ1v) is 16.8. The molecule has 3 aromatic rings. The molecular weight excluding hydrogens is 562 g/mol. The Labute approximate surface area is 261 Å². The fourth-order valence-electron chi connectivity index (χ4n) is 5.38. The Kier molecular flexibility index (Phi) is 13.8. The van der Waals surface area contributed by atoms with Crippen molar-refractivity contribution in [1.29, 1.82) is 0 Å². The zero-order valence-electron chi connectivity index (χ0n) is 26.1. The molecule has 43 heavy (non-hydrogen) atoms. The molecule has 2 aromatic carbocycles. The van der Waals surface area contributed by atoms with Crippen molar-refractivity contribution >= 4 is 27.3 Å². The Bertz CT molecular complexity index is 1230. The predicted molar refractivity (Wildman–Crippen MR) is 173 cm³/mol. The van der Waals surface area contributed by atoms with Gasteiger partial charge in [-0.25, -0.2) is 0 Å². The largest absolute Gasteiger partial charge is 0.483 e. The minimum atomic E-state index is -0.524. The van der Waals surface area contributed by atoms with E-state index in [0.29, 0.717) is 38.6 Å². The van der Waals surface area contributed by atoms with Crippen LogP contribution in [-0.2, 0) is 30.2 Å². The fourth-order valence-corrected chi connectivity index (χ4v) is 6.48. The molecule has 0 radical (unpaired) electrons. The van der Waals surface area contributed by atoms with Gasteiger partial charge >= 0.3 is 0 Å². The normalized spacial score (nSPS) is 20.4. The number of hydrogen-bond donors (Lipinski definition) is 1. The average Bonchev–Trinajstić information content (AvgIpc) is 3.42. The fraction of sp³-hybridized carbons (Fsp3) is 0.571. The van der Waals surface area contributed by atoms with E-state index in [9.17, 15) is 4.79 Å². The minimum Gasteiger partial charge on any atom is -0.483 e. The number of fused-ring (bicyclic) bond motifs is 1. The molecule has 1 aromatic heterocycles. The first-order valence-electron chi connectivity index (χ1n) is 16.0. The molecule has 0 unspecified atom stereocenters. The third-order valence-corrected chi connectivity index (χ3v) is 8.80. The van der Waals surface area contributed by atoms with Gasteiger partial charge in [0.15, 0.2) is 6.61 Å². The van der Waals surface area contributed by atoms with E-state index in [1.165, 1.54) is 15.0 Å². The molecule has 1 aliphatic rings. The summed E-state index contributed by atoms with van der Waals surface area (Å²) >= 11 is 1.81. The molecule has 1 fully saturated rings. The Morgan fingerprint density at radius 3 is 2.44 bits per heavy atom. The first-order chi connectivity index (χ1) is 21.0. The molecule has 4 rings (SSSR count). The van der Waals surface area contributed by atoms with Crippen LogP contribution in [0.2, 0.25) is 0 Å². The van der Waals surface area contributed by atoms with Crippen LogP contribution in [0.3, 0.4) is 0 Å². The molecule has 2 heterocycles. The van der Waals surface area contributed by atoms with Crippen LogP contribution < -0.4 is 10.5 Å². The maximum atomic E-state index is 11.7. The van der Waals surface area contributed by atoms with Gasteiger partial charge in [-0.2, -0.15) is 0 Å². The van der Waals surface area contributed by atoms with Crippen LogP contribution in [0.1, 0.15) is 87.8 Å². The van der Waals surface area contributed by atoms with Crippen molar-refractivity contribution < 1.29 is 28.5 Å². The second-order valence-electron chi connectivity index (χ2n) is 11.3. The summed E-state index contributed by atoms with van der Waals surface area (Å²) in [4.78, 5) is 13.0. The van der Waals surface area contributed by atoms with E-state index in [1.54, 1.807) is 11.3 Å². The summed E-state index contributed by atoms with van der Waals surface area (Å²) in [5, 5.41) is 1.25. The van der Waals surface area contributed by atoms with Crippen molar-refractivity contribution in [3.8, 4) is 5.75 Å². The van der Waals surface area contributed by atoms with Crippen molar-refractivity contribution in [1.82, 2.24) is 0 Å². The standard InChI is InChI=1S/C35H49NO6S/c1-4-7-16-38-23-27-22-31(39-17-8-5-2)35(40-18-9-6-3)34(42-27)29-20-25(14-15-30(29)41-24-33(36)37)19-28-21-26-12-10-11-13-32(26)43-28/h10-15,20-21,27,31,34-35H,4-9,16-19,22-24H2,1-3H3,(H2,36,37)/t27-,31-,34-,35+/m0/s1. The van der Waals surface area contributed by atoms with Gasteiger partial charge in [0, 0.05) is 47.8 Å². The average molecular weight is 612 g/mol. The lowest BCUT2D eigenvalue weighted by molar-refractivity contribution is -0.213. The summed E-state index contributed by atoms with van der Waals surface area (Å²) in [6, 6.07) is 16.8. The van der Waals surface area contributed by atoms with Gasteiger partial charge in [0.2, 0.25) is 0 Å². The Morgan fingerprint density at radius 2 is 1.70 bits per heavy atom. The molecule has 0 bridgehead atoms. The van der Waals surface area contributed by atoms with Gasteiger partial charge in [-0.3, -0.25) is 4.79 Å². The van der Waals surface area contributed by atoms with Crippen molar-refractivity contribution in [2.45, 2.75) is 96.6 Å². The second kappa shape index (κ2) is 17.7. The third-order valence-electron chi connectivity index (χ3n) is 7.69. The number of amides is 1. The maximum absolute atomic E-state index is 11.7. The Hall–Kier alpha value is -2.49. The maximum Gasteiger partial charge on any atom is 0.255 e. The molecule has 1 amide bonds. The highest BCUT2D eigenvalue weighted by Crippen LogP contribution is 2.41. The van der Waals surface area contributed by atoms with Gasteiger partial charge in [-0.15, -0.1) is 11.3 Å². The molecule has 236 valence electrons. The summed E-state index contributed by atoms with van der Waals surface area (Å²) in [7, 11) is 0. The van der Waals surface area contributed by atoms with E-state index in [0.717, 1.165) is 56.1 Å².